The van der Waals surface area contributed by atoms with E-state index in [-0.39, 0.29) is 23.8 Å². The zero-order valence-electron chi connectivity index (χ0n) is 19.6. The number of aliphatic hydroxyl groups excluding tert-OH is 1. The molecule has 4 aromatic carbocycles. The molecule has 0 amide bonds. The molecule has 0 radical (unpaired) electrons. The topological polar surface area (TPSA) is 81.4 Å². The predicted octanol–water partition coefficient (Wildman–Crippen LogP) is 5.12. The zero-order valence-corrected chi connectivity index (χ0v) is 20.4. The molecule has 182 valence electrons. The Morgan fingerprint density at radius 1 is 0.778 bits per heavy atom. The van der Waals surface area contributed by atoms with E-state index in [0.717, 1.165) is 16.6 Å². The van der Waals surface area contributed by atoms with Crippen molar-refractivity contribution in [3.8, 4) is 16.9 Å². The number of ether oxygens (including phenoxy) is 1. The van der Waals surface area contributed by atoms with Gasteiger partial charge in [-0.3, -0.25) is 0 Å². The third-order valence-corrected chi connectivity index (χ3v) is 7.58. The van der Waals surface area contributed by atoms with E-state index in [1.54, 1.807) is 34.9 Å². The Morgan fingerprint density at radius 3 is 2.11 bits per heavy atom. The van der Waals surface area contributed by atoms with Gasteiger partial charge in [0.15, 0.2) is 9.84 Å². The van der Waals surface area contributed by atoms with Crippen LogP contribution >= 0.6 is 0 Å². The number of aliphatic hydroxyl groups is 1. The molecule has 36 heavy (non-hydrogen) atoms. The molecule has 1 aromatic heterocycles. The van der Waals surface area contributed by atoms with Crippen LogP contribution in [-0.2, 0) is 22.1 Å². The average molecular weight is 499 g/mol. The molecular formula is C29H26N2O4S. The average Bonchev–Trinajstić information content (AvgIpc) is 3.24. The highest BCUT2D eigenvalue weighted by atomic mass is 32.2. The van der Waals surface area contributed by atoms with Crippen molar-refractivity contribution < 1.29 is 18.3 Å². The molecule has 1 N–H and O–H groups in total. The fraction of sp³-hybridized carbons (Fsp3) is 0.138. The first-order chi connectivity index (χ1) is 17.5. The van der Waals surface area contributed by atoms with Crippen LogP contribution in [0.25, 0.3) is 22.2 Å². The quantitative estimate of drug-likeness (QED) is 0.305. The summed E-state index contributed by atoms with van der Waals surface area (Å²) in [6.45, 7) is 0.213. The first-order valence-electron chi connectivity index (χ1n) is 11.7. The molecular weight excluding hydrogens is 472 g/mol. The van der Waals surface area contributed by atoms with E-state index in [1.165, 1.54) is 0 Å². The Bertz CT molecular complexity index is 1550. The third kappa shape index (κ3) is 5.32. The lowest BCUT2D eigenvalue weighted by molar-refractivity contribution is 0.0929. The van der Waals surface area contributed by atoms with Crippen molar-refractivity contribution >= 4 is 20.9 Å². The Labute approximate surface area is 210 Å². The zero-order chi connectivity index (χ0) is 25.0. The van der Waals surface area contributed by atoms with Gasteiger partial charge in [-0.05, 0) is 47.5 Å². The number of hydrogen-bond donors (Lipinski definition) is 1. The molecule has 7 heteroatoms. The van der Waals surface area contributed by atoms with E-state index in [1.807, 2.05) is 78.9 Å². The van der Waals surface area contributed by atoms with Crippen LogP contribution in [0.2, 0.25) is 0 Å². The normalized spacial score (nSPS) is 12.5. The molecule has 1 atom stereocenters. The highest BCUT2D eigenvalue weighted by Gasteiger charge is 2.22. The van der Waals surface area contributed by atoms with E-state index in [2.05, 4.69) is 4.98 Å². The minimum Gasteiger partial charge on any atom is -0.491 e. The molecule has 0 aliphatic carbocycles. The number of sulfone groups is 1. The lowest BCUT2D eigenvalue weighted by Crippen LogP contribution is -2.25. The number of para-hydroxylation sites is 2. The molecule has 0 saturated heterocycles. The summed E-state index contributed by atoms with van der Waals surface area (Å²) in [5, 5.41) is 10.8. The SMILES string of the molecule is O=S(=O)(Cc1nc2ccccc2n1CC(O)COc1ccc(-c2ccccc2)cc1)c1ccccc1. The van der Waals surface area contributed by atoms with Gasteiger partial charge in [0.1, 0.15) is 30.0 Å². The summed E-state index contributed by atoms with van der Waals surface area (Å²) in [7, 11) is -3.60. The molecule has 0 bridgehead atoms. The fourth-order valence-corrected chi connectivity index (χ4v) is 5.45. The molecule has 6 nitrogen and oxygen atoms in total. The maximum Gasteiger partial charge on any atom is 0.185 e. The Morgan fingerprint density at radius 2 is 1.39 bits per heavy atom. The van der Waals surface area contributed by atoms with E-state index in [0.29, 0.717) is 17.1 Å². The number of nitrogens with zero attached hydrogens (tertiary/aromatic N) is 2. The first-order valence-corrected chi connectivity index (χ1v) is 13.3. The van der Waals surface area contributed by atoms with Crippen molar-refractivity contribution in [1.82, 2.24) is 9.55 Å². The summed E-state index contributed by atoms with van der Waals surface area (Å²) in [5.41, 5.74) is 3.65. The minimum atomic E-state index is -3.60. The van der Waals surface area contributed by atoms with Crippen molar-refractivity contribution in [2.45, 2.75) is 23.3 Å². The molecule has 1 unspecified atom stereocenters. The van der Waals surface area contributed by atoms with Crippen LogP contribution in [0.5, 0.6) is 5.75 Å². The van der Waals surface area contributed by atoms with Gasteiger partial charge in [0.05, 0.1) is 22.5 Å². The second kappa shape index (κ2) is 10.4. The van der Waals surface area contributed by atoms with E-state index in [9.17, 15) is 13.5 Å². The van der Waals surface area contributed by atoms with Gasteiger partial charge >= 0.3 is 0 Å². The summed E-state index contributed by atoms with van der Waals surface area (Å²) in [6.07, 6.45) is -0.866. The van der Waals surface area contributed by atoms with Gasteiger partial charge in [0.2, 0.25) is 0 Å². The van der Waals surface area contributed by atoms with Gasteiger partial charge in [0.25, 0.3) is 0 Å². The second-order valence-corrected chi connectivity index (χ2v) is 10.5. The summed E-state index contributed by atoms with van der Waals surface area (Å²) in [5.74, 6) is 0.766. The Hall–Kier alpha value is -3.94. The maximum atomic E-state index is 13.0. The number of hydrogen-bond acceptors (Lipinski definition) is 5. The summed E-state index contributed by atoms with van der Waals surface area (Å²) < 4.78 is 33.6. The van der Waals surface area contributed by atoms with E-state index >= 15 is 0 Å². The Balaban J connectivity index is 1.31. The minimum absolute atomic E-state index is 0.0576. The molecule has 0 spiro atoms. The van der Waals surface area contributed by atoms with Crippen LogP contribution in [0.15, 0.2) is 114 Å². The number of fused-ring (bicyclic) bond motifs is 1. The van der Waals surface area contributed by atoms with E-state index in [4.69, 9.17) is 4.74 Å². The molecule has 0 fully saturated rings. The van der Waals surface area contributed by atoms with Crippen LogP contribution in [0.3, 0.4) is 0 Å². The highest BCUT2D eigenvalue weighted by Crippen LogP contribution is 2.24. The molecule has 0 saturated carbocycles. The van der Waals surface area contributed by atoms with Gasteiger partial charge in [-0.25, -0.2) is 13.4 Å². The molecule has 5 aromatic rings. The monoisotopic (exact) mass is 498 g/mol. The highest BCUT2D eigenvalue weighted by molar-refractivity contribution is 7.90. The van der Waals surface area contributed by atoms with Crippen LogP contribution < -0.4 is 4.74 Å². The lowest BCUT2D eigenvalue weighted by atomic mass is 10.1. The molecule has 0 aliphatic heterocycles. The summed E-state index contributed by atoms with van der Waals surface area (Å²) in [6, 6.07) is 33.5. The number of imidazole rings is 1. The first kappa shape index (κ1) is 23.8. The van der Waals surface area contributed by atoms with E-state index < -0.39 is 15.9 Å². The predicted molar refractivity (Wildman–Crippen MR) is 140 cm³/mol. The molecule has 1 heterocycles. The van der Waals surface area contributed by atoms with Crippen molar-refractivity contribution in [2.24, 2.45) is 0 Å². The van der Waals surface area contributed by atoms with Crippen LogP contribution in [0, 0.1) is 0 Å². The van der Waals surface area contributed by atoms with Crippen molar-refractivity contribution in [1.29, 1.82) is 0 Å². The smallest absolute Gasteiger partial charge is 0.185 e. The van der Waals surface area contributed by atoms with Crippen LogP contribution in [-0.4, -0.2) is 35.8 Å². The summed E-state index contributed by atoms with van der Waals surface area (Å²) in [4.78, 5) is 4.81. The van der Waals surface area contributed by atoms with Gasteiger partial charge in [-0.15, -0.1) is 0 Å². The lowest BCUT2D eigenvalue weighted by Gasteiger charge is -2.16. The maximum absolute atomic E-state index is 13.0. The largest absolute Gasteiger partial charge is 0.491 e. The standard InChI is InChI=1S/C29H26N2O4S/c32-24(20-35-25-17-15-23(16-18-25)22-9-3-1-4-10-22)19-31-28-14-8-7-13-27(28)30-29(31)21-36(33,34)26-11-5-2-6-12-26/h1-18,24,32H,19-21H2. The molecule has 5 rings (SSSR count). The van der Waals surface area contributed by atoms with Gasteiger partial charge in [0, 0.05) is 0 Å². The van der Waals surface area contributed by atoms with Gasteiger partial charge < -0.3 is 14.4 Å². The van der Waals surface area contributed by atoms with Crippen LogP contribution in [0.4, 0.5) is 0 Å². The van der Waals surface area contributed by atoms with Crippen LogP contribution in [0.1, 0.15) is 5.82 Å². The molecule has 0 aliphatic rings. The second-order valence-electron chi connectivity index (χ2n) is 8.55. The van der Waals surface area contributed by atoms with Gasteiger partial charge in [-0.2, -0.15) is 0 Å². The van der Waals surface area contributed by atoms with Crippen molar-refractivity contribution in [2.75, 3.05) is 6.61 Å². The van der Waals surface area contributed by atoms with Crippen molar-refractivity contribution in [3.05, 3.63) is 115 Å². The number of benzene rings is 4. The Kier molecular flexibility index (Phi) is 6.84. The van der Waals surface area contributed by atoms with Crippen molar-refractivity contribution in [3.63, 3.8) is 0 Å². The van der Waals surface area contributed by atoms with Gasteiger partial charge in [-0.1, -0.05) is 72.8 Å². The number of aromatic nitrogens is 2. The third-order valence-electron chi connectivity index (χ3n) is 5.95. The number of rotatable bonds is 9. The summed E-state index contributed by atoms with van der Waals surface area (Å²) >= 11 is 0. The fourth-order valence-electron chi connectivity index (χ4n) is 4.15.